The number of aromatic nitrogens is 7. The fraction of sp³-hybridized carbons (Fsp3) is 0.444. The van der Waals surface area contributed by atoms with Crippen molar-refractivity contribution in [2.75, 3.05) is 13.1 Å². The summed E-state index contributed by atoms with van der Waals surface area (Å²) < 4.78 is 2.04. The number of aryl methyl sites for hydroxylation is 8. The molecule has 0 saturated carbocycles. The van der Waals surface area contributed by atoms with Gasteiger partial charge in [0.05, 0.1) is 5.69 Å². The summed E-state index contributed by atoms with van der Waals surface area (Å²) >= 11 is 0. The van der Waals surface area contributed by atoms with Gasteiger partial charge in [-0.2, -0.15) is 10.2 Å². The van der Waals surface area contributed by atoms with Crippen molar-refractivity contribution in [2.45, 2.75) is 265 Å². The van der Waals surface area contributed by atoms with E-state index >= 15 is 0 Å². The molecule has 0 radical (unpaired) electrons. The van der Waals surface area contributed by atoms with Crippen molar-refractivity contribution >= 4 is 12.2 Å². The minimum Gasteiger partial charge on any atom is -0.317 e. The molecule has 9 aromatic rings. The molecule has 1 saturated heterocycles. The van der Waals surface area contributed by atoms with E-state index in [9.17, 15) is 0 Å². The Balaban J connectivity index is -0.000000138. The van der Waals surface area contributed by atoms with Gasteiger partial charge in [-0.1, -0.05) is 374 Å². The number of piperidine rings is 1. The third kappa shape index (κ3) is 84.5. The summed E-state index contributed by atoms with van der Waals surface area (Å²) in [6.07, 6.45) is 45.2. The molecule has 0 amide bonds. The zero-order valence-corrected chi connectivity index (χ0v) is 74.3. The van der Waals surface area contributed by atoms with Gasteiger partial charge in [0.2, 0.25) is 0 Å². The molecule has 1 aliphatic heterocycles. The molecule has 107 heavy (non-hydrogen) atoms. The summed E-state index contributed by atoms with van der Waals surface area (Å²) in [7, 11) is 2.03. The Labute approximate surface area is 663 Å². The van der Waals surface area contributed by atoms with Gasteiger partial charge in [0.1, 0.15) is 13.4 Å². The normalized spacial score (nSPS) is 10.0. The van der Waals surface area contributed by atoms with Crippen LogP contribution in [0.1, 0.15) is 270 Å². The maximum atomic E-state index is 4.10. The van der Waals surface area contributed by atoms with Crippen LogP contribution in [-0.2, 0) is 45.6 Å². The topological polar surface area (TPSA) is 93.2 Å². The highest BCUT2D eigenvalue weighted by molar-refractivity contribution is 5.48. The lowest BCUT2D eigenvalue weighted by Gasteiger charge is -2.20. The molecule has 598 valence electrons. The third-order valence-corrected chi connectivity index (χ3v) is 13.5. The average molecular weight is 1470 g/mol. The zero-order valence-electron chi connectivity index (χ0n) is 74.3. The molecule has 2 aliphatic rings. The van der Waals surface area contributed by atoms with Crippen LogP contribution >= 0.6 is 0 Å². The summed E-state index contributed by atoms with van der Waals surface area (Å²) in [4.78, 5) is 15.7. The largest absolute Gasteiger partial charge is 0.317 e. The average Bonchev–Trinajstić information content (AvgIpc) is 1.70. The second-order valence-corrected chi connectivity index (χ2v) is 20.5. The van der Waals surface area contributed by atoms with Crippen molar-refractivity contribution in [2.24, 2.45) is 18.9 Å². The number of benzene rings is 4. The molecule has 1 N–H and O–H groups in total. The summed E-state index contributed by atoms with van der Waals surface area (Å²) in [5.74, 6) is 1.76. The van der Waals surface area contributed by atoms with E-state index in [1.54, 1.807) is 18.7 Å². The Morgan fingerprint density at radius 1 is 0.383 bits per heavy atom. The zero-order chi connectivity index (χ0) is 82.9. The van der Waals surface area contributed by atoms with Gasteiger partial charge in [-0.3, -0.25) is 9.97 Å². The Hall–Kier alpha value is -8.59. The molecule has 1 aliphatic carbocycles. The molecule has 8 nitrogen and oxygen atoms in total. The maximum Gasteiger partial charge on any atom is 0.168 e. The molecular weight excluding hydrogens is 1300 g/mol. The van der Waals surface area contributed by atoms with Crippen molar-refractivity contribution in [3.63, 3.8) is 0 Å². The van der Waals surface area contributed by atoms with Crippen molar-refractivity contribution < 1.29 is 4.57 Å². The van der Waals surface area contributed by atoms with E-state index in [0.717, 1.165) is 61.7 Å². The molecular formula is C99H163N8+. The SMILES string of the molecule is CC.CC.CC.CC.CC.CC.CC.CC.CC.CC=Cc1ccccc1.CC=Cc1ccccc1.CCC1C=CC=C1.CCC1CCNCC1.CCc1cc[n+](C)cc1.CCc1ccccc1.CCc1ccccn1.CCc1cccnc1.CCc1cccnn1.CCc1cncnc1.Cc1ccccc1. The minimum atomic E-state index is 0.736. The van der Waals surface area contributed by atoms with E-state index in [0.29, 0.717) is 0 Å². The highest BCUT2D eigenvalue weighted by Gasteiger charge is 2.09. The first-order chi connectivity index (χ1) is 52.6. The first-order valence-electron chi connectivity index (χ1n) is 41.3. The monoisotopic (exact) mass is 1460 g/mol. The van der Waals surface area contributed by atoms with Crippen LogP contribution in [0.5, 0.6) is 0 Å². The molecule has 6 heterocycles. The number of pyridine rings is 3. The van der Waals surface area contributed by atoms with Gasteiger partial charge < -0.3 is 5.32 Å². The highest BCUT2D eigenvalue weighted by Crippen LogP contribution is 2.14. The highest BCUT2D eigenvalue weighted by atomic mass is 15.1. The molecule has 0 spiro atoms. The standard InChI is InChI=1S/2C9H10.C8H12N.C8H10.C7H15N.2C7H9N.C7H8.C7H10.2C6H8N2.9C2H6/c2*1-2-6-9-7-4-3-5-8-9;1-3-8-4-6-9(2)7-5-8;1-2-8-6-4-3-5-7-8;1-2-7-3-5-8-6-4-7;1-2-7-4-3-5-8-6-7;1-2-7-5-3-4-6-8-7;1-7-5-3-2-4-6-7;1-2-7-5-3-4-6-7;1-2-6-3-7-5-8-4-6;1-2-6-4-3-5-7-8-6;9*1-2/h2*2-8H,1H3;4-7H,3H2,1-2H3;3-7H,2H2,1H3;7-8H,2-6H2,1H3;2*3-6H,2H2,1H3;2-6H,1H3;3-7H,2H2,1H3;2*3-5H,2H2,1H3;9*1-2H3/q;;+1;;;;;;;;;;;;;;;;;. The van der Waals surface area contributed by atoms with Crippen molar-refractivity contribution in [3.05, 3.63) is 319 Å². The smallest absolute Gasteiger partial charge is 0.168 e. The Bertz CT molecular complexity index is 2720. The Morgan fingerprint density at radius 2 is 0.766 bits per heavy atom. The first-order valence-corrected chi connectivity index (χ1v) is 41.3. The predicted molar refractivity (Wildman–Crippen MR) is 486 cm³/mol. The van der Waals surface area contributed by atoms with Crippen LogP contribution in [0.15, 0.2) is 268 Å². The van der Waals surface area contributed by atoms with Gasteiger partial charge in [0.25, 0.3) is 0 Å². The molecule has 5 aromatic heterocycles. The van der Waals surface area contributed by atoms with Crippen molar-refractivity contribution in [1.82, 2.24) is 35.5 Å². The van der Waals surface area contributed by atoms with Crippen LogP contribution < -0.4 is 9.88 Å². The quantitative estimate of drug-likeness (QED) is 0.136. The minimum absolute atomic E-state index is 0.736. The lowest BCUT2D eigenvalue weighted by molar-refractivity contribution is -0.671. The number of hydrogen-bond donors (Lipinski definition) is 1. The lowest BCUT2D eigenvalue weighted by Crippen LogP contribution is -2.27. The molecule has 11 rings (SSSR count). The third-order valence-electron chi connectivity index (χ3n) is 13.5. The molecule has 0 unspecified atom stereocenters. The van der Waals surface area contributed by atoms with E-state index < -0.39 is 0 Å². The van der Waals surface area contributed by atoms with Crippen LogP contribution in [0.2, 0.25) is 0 Å². The Morgan fingerprint density at radius 3 is 1.04 bits per heavy atom. The molecule has 0 bridgehead atoms. The van der Waals surface area contributed by atoms with Gasteiger partial charge in [0, 0.05) is 55.0 Å². The van der Waals surface area contributed by atoms with Crippen LogP contribution in [-0.4, -0.2) is 43.2 Å². The molecule has 0 atom stereocenters. The van der Waals surface area contributed by atoms with Gasteiger partial charge >= 0.3 is 0 Å². The van der Waals surface area contributed by atoms with Crippen LogP contribution in [0.25, 0.3) is 12.2 Å². The van der Waals surface area contributed by atoms with Crippen LogP contribution in [0, 0.1) is 18.8 Å². The summed E-state index contributed by atoms with van der Waals surface area (Å²) in [6, 6.07) is 59.4. The molecule has 8 heteroatoms. The molecule has 1 fully saturated rings. The van der Waals surface area contributed by atoms with E-state index in [4.69, 9.17) is 0 Å². The van der Waals surface area contributed by atoms with E-state index in [1.165, 1.54) is 77.7 Å². The van der Waals surface area contributed by atoms with Crippen LogP contribution in [0.4, 0.5) is 0 Å². The van der Waals surface area contributed by atoms with E-state index in [1.807, 2.05) is 284 Å². The summed E-state index contributed by atoms with van der Waals surface area (Å²) in [5.41, 5.74) is 11.4. The number of nitrogens with zero attached hydrogens (tertiary/aromatic N) is 7. The second kappa shape index (κ2) is 106. The van der Waals surface area contributed by atoms with Gasteiger partial charge in [-0.05, 0) is 167 Å². The van der Waals surface area contributed by atoms with Crippen molar-refractivity contribution in [1.29, 1.82) is 0 Å². The summed E-state index contributed by atoms with van der Waals surface area (Å²) in [5, 5.41) is 10.9. The van der Waals surface area contributed by atoms with E-state index in [-0.39, 0.29) is 0 Å². The summed E-state index contributed by atoms with van der Waals surface area (Å²) in [6.45, 7) is 61.8. The van der Waals surface area contributed by atoms with Gasteiger partial charge in [-0.25, -0.2) is 14.5 Å². The van der Waals surface area contributed by atoms with Crippen LogP contribution in [0.3, 0.4) is 0 Å². The lowest BCUT2D eigenvalue weighted by atomic mass is 9.96. The number of nitrogens with one attached hydrogen (secondary N) is 1. The van der Waals surface area contributed by atoms with Gasteiger partial charge in [-0.15, -0.1) is 0 Å². The fourth-order valence-corrected chi connectivity index (χ4v) is 7.82. The number of hydrogen-bond acceptors (Lipinski definition) is 7. The van der Waals surface area contributed by atoms with Crippen molar-refractivity contribution in [3.8, 4) is 0 Å². The Kier molecular flexibility index (Phi) is 116. The van der Waals surface area contributed by atoms with E-state index in [2.05, 4.69) is 225 Å². The first kappa shape index (κ1) is 117. The maximum absolute atomic E-state index is 4.10. The number of rotatable bonds is 10. The molecule has 4 aromatic carbocycles. The van der Waals surface area contributed by atoms with Gasteiger partial charge in [0.15, 0.2) is 12.4 Å². The fourth-order valence-electron chi connectivity index (χ4n) is 7.82. The second-order valence-electron chi connectivity index (χ2n) is 20.5. The predicted octanol–water partition coefficient (Wildman–Crippen LogP) is 28.9. The number of allylic oxidation sites excluding steroid dienone is 6.